The Kier molecular flexibility index (Phi) is 4.79. The van der Waals surface area contributed by atoms with Crippen molar-refractivity contribution in [2.24, 2.45) is 0 Å². The fourth-order valence-corrected chi connectivity index (χ4v) is 1.66. The predicted octanol–water partition coefficient (Wildman–Crippen LogP) is 1.97. The van der Waals surface area contributed by atoms with Crippen LogP contribution in [-0.4, -0.2) is 23.7 Å². The summed E-state index contributed by atoms with van der Waals surface area (Å²) in [6, 6.07) is 10.7. The lowest BCUT2D eigenvalue weighted by Crippen LogP contribution is -2.35. The van der Waals surface area contributed by atoms with Crippen LogP contribution < -0.4 is 10.1 Å². The van der Waals surface area contributed by atoms with Crippen LogP contribution in [-0.2, 0) is 6.61 Å². The molecule has 1 aromatic carbocycles. The Hall–Kier alpha value is -2.27. The largest absolute Gasteiger partial charge is 0.489 e. The highest BCUT2D eigenvalue weighted by molar-refractivity contribution is 5.93. The molecule has 2 rings (SSSR count). The molecule has 0 aliphatic carbocycles. The van der Waals surface area contributed by atoms with Crippen molar-refractivity contribution >= 4 is 5.91 Å². The highest BCUT2D eigenvalue weighted by atomic mass is 16.5. The molecular formula is C15H17NO4. The van der Waals surface area contributed by atoms with Crippen LogP contribution in [0, 0.1) is 0 Å². The number of rotatable bonds is 6. The lowest BCUT2D eigenvalue weighted by molar-refractivity contribution is 0.0891. The highest BCUT2D eigenvalue weighted by Gasteiger charge is 2.17. The molecule has 106 valence electrons. The van der Waals surface area contributed by atoms with Gasteiger partial charge in [0.2, 0.25) is 0 Å². The number of amides is 1. The first-order chi connectivity index (χ1) is 9.70. The normalized spacial score (nSPS) is 11.9. The maximum absolute atomic E-state index is 11.9. The van der Waals surface area contributed by atoms with Gasteiger partial charge in [0.05, 0.1) is 12.9 Å². The summed E-state index contributed by atoms with van der Waals surface area (Å²) < 4.78 is 10.8. The molecule has 2 aromatic rings. The molecule has 0 saturated heterocycles. The van der Waals surface area contributed by atoms with Gasteiger partial charge in [-0.2, -0.15) is 0 Å². The molecular weight excluding hydrogens is 258 g/mol. The molecule has 1 heterocycles. The molecule has 0 bridgehead atoms. The minimum Gasteiger partial charge on any atom is -0.489 e. The number of benzene rings is 1. The molecule has 0 radical (unpaired) electrons. The second kappa shape index (κ2) is 6.77. The van der Waals surface area contributed by atoms with Crippen molar-refractivity contribution in [1.29, 1.82) is 0 Å². The van der Waals surface area contributed by atoms with Gasteiger partial charge in [0.15, 0.2) is 5.76 Å². The molecule has 0 spiro atoms. The summed E-state index contributed by atoms with van der Waals surface area (Å²) in [4.78, 5) is 11.9. The Labute approximate surface area is 117 Å². The Morgan fingerprint density at radius 1 is 1.35 bits per heavy atom. The van der Waals surface area contributed by atoms with E-state index in [1.165, 1.54) is 6.26 Å². The zero-order valence-corrected chi connectivity index (χ0v) is 11.2. The van der Waals surface area contributed by atoms with Gasteiger partial charge in [0.25, 0.3) is 5.91 Å². The lowest BCUT2D eigenvalue weighted by Gasteiger charge is -2.10. The molecule has 2 N–H and O–H groups in total. The third kappa shape index (κ3) is 3.61. The molecule has 1 amide bonds. The topological polar surface area (TPSA) is 71.7 Å². The minimum atomic E-state index is -0.358. The van der Waals surface area contributed by atoms with Gasteiger partial charge in [-0.25, -0.2) is 0 Å². The second-order valence-electron chi connectivity index (χ2n) is 4.43. The quantitative estimate of drug-likeness (QED) is 0.845. The van der Waals surface area contributed by atoms with Crippen LogP contribution in [0.15, 0.2) is 47.1 Å². The van der Waals surface area contributed by atoms with Gasteiger partial charge in [-0.05, 0) is 25.1 Å². The van der Waals surface area contributed by atoms with Crippen LogP contribution in [0.1, 0.15) is 23.0 Å². The number of ether oxygens (including phenoxy) is 1. The molecule has 20 heavy (non-hydrogen) atoms. The molecule has 0 fully saturated rings. The standard InChI is InChI=1S/C15H17NO4/c1-11(9-17)16-15(18)14-12(7-8-19-14)10-20-13-5-3-2-4-6-13/h2-8,11,17H,9-10H2,1H3,(H,16,18). The third-order valence-electron chi connectivity index (χ3n) is 2.74. The summed E-state index contributed by atoms with van der Waals surface area (Å²) in [5.41, 5.74) is 0.663. The molecule has 0 aliphatic heterocycles. The number of aliphatic hydroxyl groups excluding tert-OH is 1. The lowest BCUT2D eigenvalue weighted by atomic mass is 10.2. The first-order valence-electron chi connectivity index (χ1n) is 6.36. The fraction of sp³-hybridized carbons (Fsp3) is 0.267. The van der Waals surface area contributed by atoms with E-state index in [0.717, 1.165) is 5.75 Å². The maximum atomic E-state index is 11.9. The summed E-state index contributed by atoms with van der Waals surface area (Å²) in [6.45, 7) is 1.83. The number of hydrogen-bond donors (Lipinski definition) is 2. The Balaban J connectivity index is 2.00. The van der Waals surface area contributed by atoms with E-state index in [2.05, 4.69) is 5.32 Å². The van der Waals surface area contributed by atoms with Crippen molar-refractivity contribution in [3.63, 3.8) is 0 Å². The number of aliphatic hydroxyl groups is 1. The average Bonchev–Trinajstić information content (AvgIpc) is 2.94. The number of nitrogens with one attached hydrogen (secondary N) is 1. The highest BCUT2D eigenvalue weighted by Crippen LogP contribution is 2.15. The fourth-order valence-electron chi connectivity index (χ4n) is 1.66. The summed E-state index contributed by atoms with van der Waals surface area (Å²) in [5, 5.41) is 11.6. The SMILES string of the molecule is CC(CO)NC(=O)c1occc1COc1ccccc1. The van der Waals surface area contributed by atoms with E-state index < -0.39 is 0 Å². The smallest absolute Gasteiger partial charge is 0.287 e. The van der Waals surface area contributed by atoms with Crippen LogP contribution in [0.25, 0.3) is 0 Å². The average molecular weight is 275 g/mol. The molecule has 0 saturated carbocycles. The van der Waals surface area contributed by atoms with E-state index in [-0.39, 0.29) is 30.9 Å². The Morgan fingerprint density at radius 3 is 2.80 bits per heavy atom. The summed E-state index contributed by atoms with van der Waals surface area (Å²) in [6.07, 6.45) is 1.45. The van der Waals surface area contributed by atoms with Crippen LogP contribution in [0.2, 0.25) is 0 Å². The minimum absolute atomic E-state index is 0.123. The number of furan rings is 1. The molecule has 1 unspecified atom stereocenters. The van der Waals surface area contributed by atoms with Gasteiger partial charge in [-0.3, -0.25) is 4.79 Å². The molecule has 1 atom stereocenters. The van der Waals surface area contributed by atoms with E-state index in [1.54, 1.807) is 13.0 Å². The van der Waals surface area contributed by atoms with Crippen molar-refractivity contribution in [1.82, 2.24) is 5.32 Å². The van der Waals surface area contributed by atoms with E-state index >= 15 is 0 Å². The van der Waals surface area contributed by atoms with E-state index in [0.29, 0.717) is 5.56 Å². The monoisotopic (exact) mass is 275 g/mol. The van der Waals surface area contributed by atoms with Crippen LogP contribution in [0.4, 0.5) is 0 Å². The van der Waals surface area contributed by atoms with Crippen molar-refractivity contribution < 1.29 is 19.1 Å². The first-order valence-corrected chi connectivity index (χ1v) is 6.36. The molecule has 5 nitrogen and oxygen atoms in total. The Morgan fingerprint density at radius 2 is 2.10 bits per heavy atom. The van der Waals surface area contributed by atoms with Crippen LogP contribution >= 0.6 is 0 Å². The van der Waals surface area contributed by atoms with Crippen LogP contribution in [0.3, 0.4) is 0 Å². The summed E-state index contributed by atoms with van der Waals surface area (Å²) >= 11 is 0. The van der Waals surface area contributed by atoms with Crippen molar-refractivity contribution in [3.8, 4) is 5.75 Å². The Bertz CT molecular complexity index is 550. The van der Waals surface area contributed by atoms with Gasteiger partial charge in [-0.1, -0.05) is 18.2 Å². The predicted molar refractivity (Wildman–Crippen MR) is 73.5 cm³/mol. The molecule has 1 aromatic heterocycles. The van der Waals surface area contributed by atoms with E-state index in [1.807, 2.05) is 30.3 Å². The molecule has 5 heteroatoms. The van der Waals surface area contributed by atoms with Crippen molar-refractivity contribution in [2.45, 2.75) is 19.6 Å². The maximum Gasteiger partial charge on any atom is 0.287 e. The third-order valence-corrected chi connectivity index (χ3v) is 2.74. The summed E-state index contributed by atoms with van der Waals surface area (Å²) in [7, 11) is 0. The number of para-hydroxylation sites is 1. The second-order valence-corrected chi connectivity index (χ2v) is 4.43. The van der Waals surface area contributed by atoms with Crippen LogP contribution in [0.5, 0.6) is 5.75 Å². The van der Waals surface area contributed by atoms with Crippen molar-refractivity contribution in [2.75, 3.05) is 6.61 Å². The van der Waals surface area contributed by atoms with Gasteiger partial charge < -0.3 is 19.6 Å². The zero-order chi connectivity index (χ0) is 14.4. The number of carbonyl (C=O) groups excluding carboxylic acids is 1. The number of carbonyl (C=O) groups is 1. The van der Waals surface area contributed by atoms with Gasteiger partial charge >= 0.3 is 0 Å². The van der Waals surface area contributed by atoms with E-state index in [4.69, 9.17) is 14.3 Å². The summed E-state index contributed by atoms with van der Waals surface area (Å²) in [5.74, 6) is 0.577. The number of hydrogen-bond acceptors (Lipinski definition) is 4. The molecule has 0 aliphatic rings. The van der Waals surface area contributed by atoms with Gasteiger partial charge in [-0.15, -0.1) is 0 Å². The first kappa shape index (κ1) is 14.1. The van der Waals surface area contributed by atoms with Gasteiger partial charge in [0.1, 0.15) is 12.4 Å². The van der Waals surface area contributed by atoms with E-state index in [9.17, 15) is 4.79 Å². The van der Waals surface area contributed by atoms with Crippen molar-refractivity contribution in [3.05, 3.63) is 54.0 Å². The van der Waals surface area contributed by atoms with Gasteiger partial charge in [0, 0.05) is 11.6 Å². The zero-order valence-electron chi connectivity index (χ0n) is 11.2.